The lowest BCUT2D eigenvalue weighted by Gasteiger charge is -2.09. The van der Waals surface area contributed by atoms with Crippen molar-refractivity contribution >= 4 is 5.78 Å². The van der Waals surface area contributed by atoms with Crippen molar-refractivity contribution in [2.75, 3.05) is 0 Å². The van der Waals surface area contributed by atoms with E-state index in [4.69, 9.17) is 0 Å². The van der Waals surface area contributed by atoms with E-state index in [2.05, 4.69) is 11.2 Å². The smallest absolute Gasteiger partial charge is 0.187 e. The van der Waals surface area contributed by atoms with Gasteiger partial charge in [0, 0.05) is 13.2 Å². The number of nitrogens with zero attached hydrogens (tertiary/aromatic N) is 3. The van der Waals surface area contributed by atoms with Gasteiger partial charge in [-0.25, -0.2) is 0 Å². The number of hydrogen-bond acceptors (Lipinski definition) is 3. The second kappa shape index (κ2) is 4.84. The molecule has 18 heavy (non-hydrogen) atoms. The standard InChI is InChI=1S/C14H13N3O/c1-10-5-3-4-6-12(10)13(7-15)14(18)11-8-16-17(2)9-11/h3-6,8-9,13H,1-2H3. The number of Topliss-reactive ketones (excluding diaryl/α,β-unsaturated/α-hetero) is 1. The van der Waals surface area contributed by atoms with Crippen molar-refractivity contribution in [1.29, 1.82) is 5.26 Å². The van der Waals surface area contributed by atoms with Crippen molar-refractivity contribution in [3.8, 4) is 6.07 Å². The van der Waals surface area contributed by atoms with Crippen LogP contribution in [0.4, 0.5) is 0 Å². The zero-order valence-electron chi connectivity index (χ0n) is 10.3. The highest BCUT2D eigenvalue weighted by molar-refractivity contribution is 6.02. The molecule has 4 nitrogen and oxygen atoms in total. The third-order valence-electron chi connectivity index (χ3n) is 2.88. The van der Waals surface area contributed by atoms with E-state index in [0.717, 1.165) is 11.1 Å². The first-order valence-electron chi connectivity index (χ1n) is 5.61. The number of ketones is 1. The maximum atomic E-state index is 12.3. The molecule has 0 saturated carbocycles. The van der Waals surface area contributed by atoms with Gasteiger partial charge in [-0.05, 0) is 18.1 Å². The summed E-state index contributed by atoms with van der Waals surface area (Å²) < 4.78 is 1.56. The van der Waals surface area contributed by atoms with Gasteiger partial charge in [-0.15, -0.1) is 0 Å². The summed E-state index contributed by atoms with van der Waals surface area (Å²) >= 11 is 0. The van der Waals surface area contributed by atoms with Crippen LogP contribution in [0.2, 0.25) is 0 Å². The Morgan fingerprint density at radius 1 is 1.44 bits per heavy atom. The summed E-state index contributed by atoms with van der Waals surface area (Å²) in [5.74, 6) is -0.977. The second-order valence-electron chi connectivity index (χ2n) is 4.19. The summed E-state index contributed by atoms with van der Waals surface area (Å²) in [7, 11) is 1.74. The molecule has 1 aromatic heterocycles. The Hall–Kier alpha value is -2.41. The highest BCUT2D eigenvalue weighted by Crippen LogP contribution is 2.23. The fourth-order valence-electron chi connectivity index (χ4n) is 1.90. The molecule has 0 aliphatic carbocycles. The molecule has 0 saturated heterocycles. The molecule has 0 spiro atoms. The second-order valence-corrected chi connectivity index (χ2v) is 4.19. The number of aryl methyl sites for hydroxylation is 2. The number of carbonyl (C=O) groups excluding carboxylic acids is 1. The van der Waals surface area contributed by atoms with Gasteiger partial charge >= 0.3 is 0 Å². The number of benzene rings is 1. The summed E-state index contributed by atoms with van der Waals surface area (Å²) in [4.78, 5) is 12.3. The quantitative estimate of drug-likeness (QED) is 0.771. The van der Waals surface area contributed by atoms with Crippen LogP contribution >= 0.6 is 0 Å². The number of carbonyl (C=O) groups is 1. The van der Waals surface area contributed by atoms with Crippen LogP contribution in [0.25, 0.3) is 0 Å². The van der Waals surface area contributed by atoms with Crippen LogP contribution in [0.3, 0.4) is 0 Å². The van der Waals surface area contributed by atoms with Crippen LogP contribution < -0.4 is 0 Å². The van der Waals surface area contributed by atoms with Gasteiger partial charge in [-0.2, -0.15) is 10.4 Å². The molecule has 0 fully saturated rings. The molecule has 0 aliphatic rings. The van der Waals surface area contributed by atoms with Gasteiger partial charge in [0.25, 0.3) is 0 Å². The minimum Gasteiger partial charge on any atom is -0.292 e. The van der Waals surface area contributed by atoms with Gasteiger partial charge in [0.15, 0.2) is 5.78 Å². The topological polar surface area (TPSA) is 58.7 Å². The van der Waals surface area contributed by atoms with Crippen LogP contribution in [0.1, 0.15) is 27.4 Å². The first-order chi connectivity index (χ1) is 8.63. The lowest BCUT2D eigenvalue weighted by atomic mass is 9.90. The molecule has 4 heteroatoms. The Bertz CT molecular complexity index is 622. The molecule has 2 rings (SSSR count). The third kappa shape index (κ3) is 2.16. The molecule has 90 valence electrons. The Balaban J connectivity index is 2.39. The number of aromatic nitrogens is 2. The van der Waals surface area contributed by atoms with Crippen molar-refractivity contribution in [2.45, 2.75) is 12.8 Å². The van der Waals surface area contributed by atoms with Crippen molar-refractivity contribution < 1.29 is 4.79 Å². The zero-order chi connectivity index (χ0) is 13.1. The summed E-state index contributed by atoms with van der Waals surface area (Å²) in [5, 5.41) is 13.2. The molecule has 1 atom stereocenters. The number of nitriles is 1. The first kappa shape index (κ1) is 12.1. The van der Waals surface area contributed by atoms with E-state index in [1.54, 1.807) is 17.9 Å². The predicted octanol–water partition coefficient (Wildman–Crippen LogP) is 2.22. The molecular formula is C14H13N3O. The molecule has 1 unspecified atom stereocenters. The highest BCUT2D eigenvalue weighted by Gasteiger charge is 2.23. The Morgan fingerprint density at radius 2 is 2.17 bits per heavy atom. The predicted molar refractivity (Wildman–Crippen MR) is 67.1 cm³/mol. The van der Waals surface area contributed by atoms with Gasteiger partial charge in [-0.1, -0.05) is 24.3 Å². The zero-order valence-corrected chi connectivity index (χ0v) is 10.3. The first-order valence-corrected chi connectivity index (χ1v) is 5.61. The van der Waals surface area contributed by atoms with Crippen LogP contribution in [0.5, 0.6) is 0 Å². The van der Waals surface area contributed by atoms with Gasteiger partial charge in [0.05, 0.1) is 17.8 Å². The Kier molecular flexibility index (Phi) is 3.24. The maximum absolute atomic E-state index is 12.3. The fourth-order valence-corrected chi connectivity index (χ4v) is 1.90. The van der Waals surface area contributed by atoms with Gasteiger partial charge in [0.2, 0.25) is 0 Å². The average Bonchev–Trinajstić information content (AvgIpc) is 2.79. The monoisotopic (exact) mass is 239 g/mol. The highest BCUT2D eigenvalue weighted by atomic mass is 16.1. The minimum absolute atomic E-state index is 0.208. The summed E-state index contributed by atoms with van der Waals surface area (Å²) in [5.41, 5.74) is 2.17. The molecule has 2 aromatic rings. The molecular weight excluding hydrogens is 226 g/mol. The van der Waals surface area contributed by atoms with Crippen molar-refractivity contribution in [2.24, 2.45) is 7.05 Å². The van der Waals surface area contributed by atoms with Crippen molar-refractivity contribution in [1.82, 2.24) is 9.78 Å². The Labute approximate surface area is 105 Å². The lowest BCUT2D eigenvalue weighted by molar-refractivity contribution is 0.0978. The van der Waals surface area contributed by atoms with E-state index in [1.807, 2.05) is 31.2 Å². The average molecular weight is 239 g/mol. The normalized spacial score (nSPS) is 11.8. The molecule has 0 amide bonds. The fraction of sp³-hybridized carbons (Fsp3) is 0.214. The van der Waals surface area contributed by atoms with E-state index >= 15 is 0 Å². The minimum atomic E-state index is -0.768. The largest absolute Gasteiger partial charge is 0.292 e. The van der Waals surface area contributed by atoms with Crippen LogP contribution in [-0.2, 0) is 7.05 Å². The molecule has 1 heterocycles. The van der Waals surface area contributed by atoms with Crippen molar-refractivity contribution in [3.63, 3.8) is 0 Å². The Morgan fingerprint density at radius 3 is 2.72 bits per heavy atom. The van der Waals surface area contributed by atoms with Crippen LogP contribution in [0.15, 0.2) is 36.7 Å². The lowest BCUT2D eigenvalue weighted by Crippen LogP contribution is -2.11. The molecule has 1 aromatic carbocycles. The summed E-state index contributed by atoms with van der Waals surface area (Å²) in [6, 6.07) is 9.52. The number of rotatable bonds is 3. The van der Waals surface area contributed by atoms with E-state index in [0.29, 0.717) is 5.56 Å². The van der Waals surface area contributed by atoms with Gasteiger partial charge in [0.1, 0.15) is 5.92 Å². The molecule has 0 bridgehead atoms. The molecule has 0 N–H and O–H groups in total. The number of hydrogen-bond donors (Lipinski definition) is 0. The van der Waals surface area contributed by atoms with Crippen LogP contribution in [-0.4, -0.2) is 15.6 Å². The van der Waals surface area contributed by atoms with E-state index in [-0.39, 0.29) is 5.78 Å². The van der Waals surface area contributed by atoms with Gasteiger partial charge < -0.3 is 0 Å². The van der Waals surface area contributed by atoms with E-state index < -0.39 is 5.92 Å². The maximum Gasteiger partial charge on any atom is 0.187 e. The van der Waals surface area contributed by atoms with Gasteiger partial charge in [-0.3, -0.25) is 9.48 Å². The molecule has 0 aliphatic heterocycles. The third-order valence-corrected chi connectivity index (χ3v) is 2.88. The SMILES string of the molecule is Cc1ccccc1C(C#N)C(=O)c1cnn(C)c1. The summed E-state index contributed by atoms with van der Waals surface area (Å²) in [6.45, 7) is 1.90. The molecule has 0 radical (unpaired) electrons. The van der Waals surface area contributed by atoms with Crippen molar-refractivity contribution in [3.05, 3.63) is 53.3 Å². The summed E-state index contributed by atoms with van der Waals surface area (Å²) in [6.07, 6.45) is 3.12. The van der Waals surface area contributed by atoms with E-state index in [1.165, 1.54) is 6.20 Å². The van der Waals surface area contributed by atoms with Crippen LogP contribution in [0, 0.1) is 18.3 Å². The van der Waals surface area contributed by atoms with E-state index in [9.17, 15) is 10.1 Å².